The molecule has 2 aliphatic heterocycles. The number of amides is 2. The van der Waals surface area contributed by atoms with Crippen LogP contribution in [-0.4, -0.2) is 67.4 Å². The molecule has 0 spiro atoms. The number of amidine groups is 1. The first-order valence-corrected chi connectivity index (χ1v) is 12.6. The number of nitrogens with zero attached hydrogens (tertiary/aromatic N) is 5. The lowest BCUT2D eigenvalue weighted by molar-refractivity contribution is -0.126. The Hall–Kier alpha value is -4.34. The van der Waals surface area contributed by atoms with Gasteiger partial charge in [-0.1, -0.05) is 25.2 Å². The molecule has 188 valence electrons. The van der Waals surface area contributed by atoms with Crippen molar-refractivity contribution in [3.63, 3.8) is 0 Å². The van der Waals surface area contributed by atoms with Crippen molar-refractivity contribution in [2.45, 2.75) is 44.7 Å². The van der Waals surface area contributed by atoms with Gasteiger partial charge in [-0.3, -0.25) is 24.7 Å². The molecular weight excluding hydrogens is 468 g/mol. The molecule has 0 saturated carbocycles. The highest BCUT2D eigenvalue weighted by molar-refractivity contribution is 6.10. The predicted molar refractivity (Wildman–Crippen MR) is 141 cm³/mol. The van der Waals surface area contributed by atoms with Crippen molar-refractivity contribution in [2.24, 2.45) is 4.99 Å². The minimum absolute atomic E-state index is 0.0586. The third kappa shape index (κ3) is 4.08. The molecule has 3 aromatic rings. The van der Waals surface area contributed by atoms with Gasteiger partial charge in [0.1, 0.15) is 11.7 Å². The van der Waals surface area contributed by atoms with Gasteiger partial charge in [0.25, 0.3) is 5.91 Å². The molecule has 0 bridgehead atoms. The van der Waals surface area contributed by atoms with Crippen LogP contribution in [0.4, 0.5) is 5.69 Å². The molecule has 0 radical (unpaired) electrons. The number of anilines is 1. The highest BCUT2D eigenvalue weighted by Crippen LogP contribution is 2.34. The van der Waals surface area contributed by atoms with Gasteiger partial charge in [0.2, 0.25) is 5.91 Å². The van der Waals surface area contributed by atoms with E-state index in [0.717, 1.165) is 42.4 Å². The molecule has 2 unspecified atom stereocenters. The van der Waals surface area contributed by atoms with Crippen LogP contribution in [0.3, 0.4) is 0 Å². The number of pyridine rings is 2. The summed E-state index contributed by atoms with van der Waals surface area (Å²) >= 11 is 0. The second kappa shape index (κ2) is 8.95. The third-order valence-electron chi connectivity index (χ3n) is 7.18. The van der Waals surface area contributed by atoms with E-state index < -0.39 is 5.54 Å². The molecule has 3 aliphatic rings. The van der Waals surface area contributed by atoms with Crippen LogP contribution in [0, 0.1) is 0 Å². The van der Waals surface area contributed by atoms with E-state index in [4.69, 9.17) is 4.99 Å². The molecular formula is C27H28N8O2. The van der Waals surface area contributed by atoms with Crippen LogP contribution in [0.1, 0.15) is 38.8 Å². The van der Waals surface area contributed by atoms with Crippen LogP contribution in [0.2, 0.25) is 0 Å². The Morgan fingerprint density at radius 1 is 1.16 bits per heavy atom. The summed E-state index contributed by atoms with van der Waals surface area (Å²) in [4.78, 5) is 40.8. The summed E-state index contributed by atoms with van der Waals surface area (Å²) in [5.74, 6) is 0.602. The zero-order valence-electron chi connectivity index (χ0n) is 20.8. The molecule has 10 nitrogen and oxygen atoms in total. The standard InChI is InChI=1S/C27H28N8O2/c1-3-21(36)30-18-11-16(13-28-15-18)17-12-20-22(33-34-24(20)29-14-17)25-31-23-19(7-6-8-27(23,2)32-25)26(37)35-9-4-5-10-35/h6-8,11-15,23H,3-5,9-10H2,1-2H3,(H,30,36)(H,31,32)(H,29,33,34). The summed E-state index contributed by atoms with van der Waals surface area (Å²) in [6, 6.07) is 3.52. The van der Waals surface area contributed by atoms with E-state index >= 15 is 0 Å². The molecule has 0 aromatic carbocycles. The quantitative estimate of drug-likeness (QED) is 0.498. The van der Waals surface area contributed by atoms with Gasteiger partial charge in [0.05, 0.1) is 22.8 Å². The zero-order valence-corrected chi connectivity index (χ0v) is 20.8. The van der Waals surface area contributed by atoms with E-state index in [-0.39, 0.29) is 17.9 Å². The number of carbonyl (C=O) groups is 2. The summed E-state index contributed by atoms with van der Waals surface area (Å²) in [7, 11) is 0. The van der Waals surface area contributed by atoms with Crippen molar-refractivity contribution >= 4 is 34.4 Å². The third-order valence-corrected chi connectivity index (χ3v) is 7.18. The fraction of sp³-hybridized carbons (Fsp3) is 0.333. The van der Waals surface area contributed by atoms with Gasteiger partial charge >= 0.3 is 0 Å². The van der Waals surface area contributed by atoms with Crippen LogP contribution < -0.4 is 10.6 Å². The molecule has 2 atom stereocenters. The normalized spacial score (nSPS) is 22.4. The average molecular weight is 497 g/mol. The average Bonchev–Trinajstić information content (AvgIpc) is 3.65. The van der Waals surface area contributed by atoms with Crippen molar-refractivity contribution < 1.29 is 9.59 Å². The van der Waals surface area contributed by atoms with Crippen molar-refractivity contribution in [2.75, 3.05) is 18.4 Å². The molecule has 2 amide bonds. The van der Waals surface area contributed by atoms with Crippen LogP contribution >= 0.6 is 0 Å². The number of fused-ring (bicyclic) bond motifs is 2. The van der Waals surface area contributed by atoms with Crippen molar-refractivity contribution in [3.8, 4) is 11.1 Å². The van der Waals surface area contributed by atoms with Gasteiger partial charge in [-0.05, 0) is 31.9 Å². The van der Waals surface area contributed by atoms with Gasteiger partial charge in [-0.15, -0.1) is 0 Å². The zero-order chi connectivity index (χ0) is 25.6. The Kier molecular flexibility index (Phi) is 5.58. The number of allylic oxidation sites excluding steroid dienone is 2. The smallest absolute Gasteiger partial charge is 0.252 e. The SMILES string of the molecule is CCC(=O)Nc1cncc(-c2cnc3[nH]nc(C4=NC5C(C(=O)N6CCCC6)=CC=CC5(C)N4)c3c2)c1. The van der Waals surface area contributed by atoms with Gasteiger partial charge in [0.15, 0.2) is 11.5 Å². The molecule has 3 N–H and O–H groups in total. The maximum atomic E-state index is 13.3. The van der Waals surface area contributed by atoms with Gasteiger partial charge in [0, 0.05) is 48.6 Å². The van der Waals surface area contributed by atoms with E-state index in [2.05, 4.69) is 43.8 Å². The predicted octanol–water partition coefficient (Wildman–Crippen LogP) is 2.96. The van der Waals surface area contributed by atoms with E-state index in [1.54, 1.807) is 25.5 Å². The summed E-state index contributed by atoms with van der Waals surface area (Å²) < 4.78 is 0. The second-order valence-corrected chi connectivity index (χ2v) is 9.82. The number of nitrogens with one attached hydrogen (secondary N) is 3. The Morgan fingerprint density at radius 3 is 2.78 bits per heavy atom. The number of H-pyrrole nitrogens is 1. The fourth-order valence-electron chi connectivity index (χ4n) is 5.16. The largest absolute Gasteiger partial charge is 0.357 e. The van der Waals surface area contributed by atoms with Crippen molar-refractivity contribution in [3.05, 3.63) is 60.2 Å². The van der Waals surface area contributed by atoms with E-state index in [0.29, 0.717) is 34.9 Å². The number of hydrogen-bond acceptors (Lipinski definition) is 7. The van der Waals surface area contributed by atoms with Crippen molar-refractivity contribution in [1.29, 1.82) is 0 Å². The number of likely N-dealkylation sites (tertiary alicyclic amines) is 1. The van der Waals surface area contributed by atoms with Crippen molar-refractivity contribution in [1.82, 2.24) is 30.4 Å². The second-order valence-electron chi connectivity index (χ2n) is 9.82. The topological polar surface area (TPSA) is 128 Å². The molecule has 10 heteroatoms. The molecule has 3 aromatic heterocycles. The Morgan fingerprint density at radius 2 is 1.97 bits per heavy atom. The van der Waals surface area contributed by atoms with E-state index in [1.165, 1.54) is 0 Å². The Bertz CT molecular complexity index is 1500. The van der Waals surface area contributed by atoms with Crippen LogP contribution in [-0.2, 0) is 9.59 Å². The highest BCUT2D eigenvalue weighted by Gasteiger charge is 2.45. The summed E-state index contributed by atoms with van der Waals surface area (Å²) in [5, 5.41) is 14.7. The van der Waals surface area contributed by atoms with Gasteiger partial charge in [-0.2, -0.15) is 5.10 Å². The maximum Gasteiger partial charge on any atom is 0.252 e. The Balaban J connectivity index is 1.34. The summed E-state index contributed by atoms with van der Waals surface area (Å²) in [5.41, 5.74) is 3.73. The first-order valence-electron chi connectivity index (χ1n) is 12.6. The van der Waals surface area contributed by atoms with Crippen LogP contribution in [0.5, 0.6) is 0 Å². The van der Waals surface area contributed by atoms with Gasteiger partial charge in [-0.25, -0.2) is 4.98 Å². The number of aromatic nitrogens is 4. The summed E-state index contributed by atoms with van der Waals surface area (Å²) in [6.45, 7) is 5.45. The van der Waals surface area contributed by atoms with Gasteiger partial charge < -0.3 is 15.5 Å². The monoisotopic (exact) mass is 496 g/mol. The lowest BCUT2D eigenvalue weighted by Gasteiger charge is -2.32. The molecule has 37 heavy (non-hydrogen) atoms. The molecule has 1 saturated heterocycles. The lowest BCUT2D eigenvalue weighted by atomic mass is 9.83. The van der Waals surface area contributed by atoms with E-state index in [9.17, 15) is 9.59 Å². The Labute approximate surface area is 214 Å². The number of aliphatic imine (C=N–C) groups is 1. The van der Waals surface area contributed by atoms with Crippen LogP contribution in [0.15, 0.2) is 59.5 Å². The molecule has 6 rings (SSSR count). The van der Waals surface area contributed by atoms with Crippen LogP contribution in [0.25, 0.3) is 22.2 Å². The number of aromatic amines is 1. The summed E-state index contributed by atoms with van der Waals surface area (Å²) in [6.07, 6.45) is 13.5. The maximum absolute atomic E-state index is 13.3. The first-order chi connectivity index (χ1) is 17.9. The highest BCUT2D eigenvalue weighted by atomic mass is 16.2. The first kappa shape index (κ1) is 23.1. The minimum atomic E-state index is -0.527. The minimum Gasteiger partial charge on any atom is -0.357 e. The lowest BCUT2D eigenvalue weighted by Crippen LogP contribution is -2.50. The molecule has 1 aliphatic carbocycles. The van der Waals surface area contributed by atoms with E-state index in [1.807, 2.05) is 29.2 Å². The molecule has 5 heterocycles. The number of rotatable bonds is 5. The number of carbonyl (C=O) groups excluding carboxylic acids is 2. The fourth-order valence-corrected chi connectivity index (χ4v) is 5.16. The molecule has 1 fully saturated rings. The number of hydrogen-bond donors (Lipinski definition) is 3.